The van der Waals surface area contributed by atoms with Crippen molar-refractivity contribution in [2.24, 2.45) is 5.73 Å². The first-order valence-corrected chi connectivity index (χ1v) is 9.93. The summed E-state index contributed by atoms with van der Waals surface area (Å²) in [5, 5.41) is 0. The number of hydrogen-bond acceptors (Lipinski definition) is 4. The summed E-state index contributed by atoms with van der Waals surface area (Å²) in [5.74, 6) is -0.604. The Morgan fingerprint density at radius 2 is 1.35 bits per heavy atom. The van der Waals surface area contributed by atoms with Crippen LogP contribution < -0.4 is 9.44 Å². The summed E-state index contributed by atoms with van der Waals surface area (Å²) in [5.41, 5.74) is 6.01. The largest absolute Gasteiger partial charge is 0.366 e. The molecule has 0 fully saturated rings. The molecule has 0 unspecified atom stereocenters. The molecule has 3 rings (SSSR count). The van der Waals surface area contributed by atoms with Crippen molar-refractivity contribution in [1.29, 1.82) is 0 Å². The summed E-state index contributed by atoms with van der Waals surface area (Å²) < 4.78 is 27.7. The first kappa shape index (κ1) is 18.0. The van der Waals surface area contributed by atoms with E-state index in [1.54, 1.807) is 24.3 Å². The number of nitrogens with zero attached hydrogens (tertiary/aromatic N) is 1. The molecule has 3 aromatic rings. The highest BCUT2D eigenvalue weighted by Crippen LogP contribution is 2.34. The Morgan fingerprint density at radius 1 is 0.808 bits per heavy atom. The molecule has 0 atom stereocenters. The molecule has 0 radical (unpaired) electrons. The summed E-state index contributed by atoms with van der Waals surface area (Å²) in [4.78, 5) is 12.1. The molecule has 5 nitrogen and oxygen atoms in total. The van der Waals surface area contributed by atoms with Crippen LogP contribution in [0.25, 0.3) is 0 Å². The van der Waals surface area contributed by atoms with Gasteiger partial charge >= 0.3 is 0 Å². The predicted octanol–water partition coefficient (Wildman–Crippen LogP) is 3.69. The summed E-state index contributed by atoms with van der Waals surface area (Å²) in [6.45, 7) is 0. The first-order valence-electron chi connectivity index (χ1n) is 7.72. The van der Waals surface area contributed by atoms with Gasteiger partial charge in [0, 0.05) is 22.4 Å². The van der Waals surface area contributed by atoms with E-state index in [1.165, 1.54) is 28.0 Å². The summed E-state index contributed by atoms with van der Waals surface area (Å²) in [6.07, 6.45) is 0. The van der Waals surface area contributed by atoms with Crippen LogP contribution in [0.5, 0.6) is 0 Å². The van der Waals surface area contributed by atoms with E-state index in [9.17, 15) is 13.2 Å². The Kier molecular flexibility index (Phi) is 5.29. The van der Waals surface area contributed by atoms with Gasteiger partial charge in [0.1, 0.15) is 0 Å². The van der Waals surface area contributed by atoms with Crippen LogP contribution in [0.3, 0.4) is 0 Å². The Hall–Kier alpha value is -2.77. The molecule has 132 valence electrons. The molecule has 26 heavy (non-hydrogen) atoms. The molecular weight excluding hydrogens is 368 g/mol. The number of carbonyl (C=O) groups is 1. The van der Waals surface area contributed by atoms with Gasteiger partial charge in [0.25, 0.3) is 10.0 Å². The van der Waals surface area contributed by atoms with Gasteiger partial charge in [-0.2, -0.15) is 0 Å². The number of anilines is 1. The molecule has 0 saturated heterocycles. The summed E-state index contributed by atoms with van der Waals surface area (Å²) in [7, 11) is -3.85. The third-order valence-electron chi connectivity index (χ3n) is 3.55. The summed E-state index contributed by atoms with van der Waals surface area (Å²) >= 11 is 1.11. The maximum atomic E-state index is 13.2. The highest BCUT2D eigenvalue weighted by molar-refractivity contribution is 8.14. The zero-order chi connectivity index (χ0) is 18.6. The molecular formula is C19H16N2O3S2. The van der Waals surface area contributed by atoms with E-state index in [2.05, 4.69) is 0 Å². The van der Waals surface area contributed by atoms with Crippen molar-refractivity contribution < 1.29 is 13.2 Å². The topological polar surface area (TPSA) is 80.5 Å². The van der Waals surface area contributed by atoms with Crippen LogP contribution in [0.15, 0.2) is 94.7 Å². The third-order valence-corrected chi connectivity index (χ3v) is 6.74. The van der Waals surface area contributed by atoms with Gasteiger partial charge in [-0.15, -0.1) is 0 Å². The van der Waals surface area contributed by atoms with Crippen molar-refractivity contribution in [3.8, 4) is 0 Å². The second-order valence-corrected chi connectivity index (χ2v) is 8.40. The SMILES string of the molecule is NC(=O)c1ccc(S(=O)(=O)N(Sc2ccccc2)c2ccccc2)cc1. The fraction of sp³-hybridized carbons (Fsp3) is 0. The van der Waals surface area contributed by atoms with E-state index < -0.39 is 15.9 Å². The van der Waals surface area contributed by atoms with Gasteiger partial charge in [-0.3, -0.25) is 4.79 Å². The van der Waals surface area contributed by atoms with Crippen molar-refractivity contribution in [3.05, 3.63) is 90.5 Å². The van der Waals surface area contributed by atoms with Crippen LogP contribution in [0.4, 0.5) is 5.69 Å². The van der Waals surface area contributed by atoms with Crippen molar-refractivity contribution >= 4 is 33.6 Å². The smallest absolute Gasteiger partial charge is 0.274 e. The maximum absolute atomic E-state index is 13.2. The number of carbonyl (C=O) groups excluding carboxylic acids is 1. The molecule has 0 bridgehead atoms. The molecule has 0 aliphatic carbocycles. The number of sulfonamides is 1. The second-order valence-electron chi connectivity index (χ2n) is 5.36. The van der Waals surface area contributed by atoms with Crippen molar-refractivity contribution in [2.45, 2.75) is 9.79 Å². The van der Waals surface area contributed by atoms with Crippen LogP contribution in [-0.4, -0.2) is 14.3 Å². The van der Waals surface area contributed by atoms with Crippen LogP contribution in [-0.2, 0) is 10.0 Å². The fourth-order valence-electron chi connectivity index (χ4n) is 2.25. The highest BCUT2D eigenvalue weighted by Gasteiger charge is 2.26. The molecule has 0 aromatic heterocycles. The Bertz CT molecular complexity index is 990. The minimum Gasteiger partial charge on any atom is -0.366 e. The number of amides is 1. The fourth-order valence-corrected chi connectivity index (χ4v) is 4.93. The van der Waals surface area contributed by atoms with Gasteiger partial charge in [-0.1, -0.05) is 36.4 Å². The van der Waals surface area contributed by atoms with E-state index in [-0.39, 0.29) is 10.5 Å². The quantitative estimate of drug-likeness (QED) is 0.657. The minimum atomic E-state index is -3.85. The standard InChI is InChI=1S/C19H16N2O3S2/c20-19(22)15-11-13-18(14-12-15)26(23,24)21(16-7-3-1-4-8-16)25-17-9-5-2-6-10-17/h1-14H,(H2,20,22). The van der Waals surface area contributed by atoms with E-state index in [0.29, 0.717) is 5.69 Å². The van der Waals surface area contributed by atoms with Crippen LogP contribution in [0.2, 0.25) is 0 Å². The Balaban J connectivity index is 2.03. The zero-order valence-corrected chi connectivity index (χ0v) is 15.3. The Labute approximate surface area is 156 Å². The number of rotatable bonds is 6. The van der Waals surface area contributed by atoms with Gasteiger partial charge < -0.3 is 5.73 Å². The van der Waals surface area contributed by atoms with E-state index >= 15 is 0 Å². The molecule has 0 spiro atoms. The predicted molar refractivity (Wildman–Crippen MR) is 103 cm³/mol. The van der Waals surface area contributed by atoms with Gasteiger partial charge in [-0.25, -0.2) is 12.1 Å². The maximum Gasteiger partial charge on any atom is 0.274 e. The van der Waals surface area contributed by atoms with Crippen LogP contribution >= 0.6 is 11.9 Å². The van der Waals surface area contributed by atoms with Crippen LogP contribution in [0.1, 0.15) is 10.4 Å². The van der Waals surface area contributed by atoms with Gasteiger partial charge in [0.05, 0.1) is 10.6 Å². The molecule has 0 saturated carbocycles. The number of benzene rings is 3. The lowest BCUT2D eigenvalue weighted by atomic mass is 10.2. The highest BCUT2D eigenvalue weighted by atomic mass is 32.3. The minimum absolute atomic E-state index is 0.0785. The number of nitrogens with two attached hydrogens (primary N) is 1. The number of hydrogen-bond donors (Lipinski definition) is 1. The van der Waals surface area contributed by atoms with E-state index in [1.807, 2.05) is 36.4 Å². The molecule has 7 heteroatoms. The summed E-state index contributed by atoms with van der Waals surface area (Å²) in [6, 6.07) is 23.7. The molecule has 3 aromatic carbocycles. The van der Waals surface area contributed by atoms with E-state index in [4.69, 9.17) is 5.73 Å². The van der Waals surface area contributed by atoms with Crippen molar-refractivity contribution in [1.82, 2.24) is 0 Å². The lowest BCUT2D eigenvalue weighted by Crippen LogP contribution is -2.24. The van der Waals surface area contributed by atoms with Gasteiger partial charge in [0.15, 0.2) is 0 Å². The zero-order valence-electron chi connectivity index (χ0n) is 13.6. The number of primary amides is 1. The van der Waals surface area contributed by atoms with Crippen molar-refractivity contribution in [2.75, 3.05) is 3.71 Å². The molecule has 2 N–H and O–H groups in total. The average molecular weight is 384 g/mol. The third kappa shape index (κ3) is 3.89. The first-order chi connectivity index (χ1) is 12.5. The van der Waals surface area contributed by atoms with Gasteiger partial charge in [0.2, 0.25) is 5.91 Å². The van der Waals surface area contributed by atoms with E-state index in [0.717, 1.165) is 16.8 Å². The Morgan fingerprint density at radius 3 is 1.88 bits per heavy atom. The molecule has 0 aliphatic heterocycles. The van der Waals surface area contributed by atoms with Crippen LogP contribution in [0, 0.1) is 0 Å². The average Bonchev–Trinajstić information content (AvgIpc) is 2.67. The second kappa shape index (κ2) is 7.63. The van der Waals surface area contributed by atoms with Gasteiger partial charge in [-0.05, 0) is 48.5 Å². The monoisotopic (exact) mass is 384 g/mol. The van der Waals surface area contributed by atoms with Crippen molar-refractivity contribution in [3.63, 3.8) is 0 Å². The lowest BCUT2D eigenvalue weighted by Gasteiger charge is -2.23. The normalized spacial score (nSPS) is 11.1. The molecule has 1 amide bonds. The molecule has 0 aliphatic rings. The lowest BCUT2D eigenvalue weighted by molar-refractivity contribution is 0.1000. The molecule has 0 heterocycles. The number of para-hydroxylation sites is 1.